The molecule has 0 spiro atoms. The fourth-order valence-corrected chi connectivity index (χ4v) is 2.72. The van der Waals surface area contributed by atoms with E-state index in [9.17, 15) is 9.59 Å². The zero-order valence-corrected chi connectivity index (χ0v) is 14.6. The number of hydrogen-bond donors (Lipinski definition) is 1. The van der Waals surface area contributed by atoms with Gasteiger partial charge in [-0.2, -0.15) is 0 Å². The van der Waals surface area contributed by atoms with Gasteiger partial charge in [0.1, 0.15) is 5.75 Å². The van der Waals surface area contributed by atoms with E-state index in [0.29, 0.717) is 25.3 Å². The van der Waals surface area contributed by atoms with Crippen LogP contribution in [0.3, 0.4) is 0 Å². The summed E-state index contributed by atoms with van der Waals surface area (Å²) in [7, 11) is 0. The van der Waals surface area contributed by atoms with Crippen LogP contribution in [0.4, 0.5) is 0 Å². The first-order valence-electron chi connectivity index (χ1n) is 8.42. The number of aromatic nitrogens is 1. The minimum absolute atomic E-state index is 0.134. The molecule has 26 heavy (non-hydrogen) atoms. The molecule has 1 N–H and O–H groups in total. The molecule has 5 nitrogen and oxygen atoms in total. The molecule has 0 unspecified atom stereocenters. The van der Waals surface area contributed by atoms with Gasteiger partial charge in [0.25, 0.3) is 0 Å². The summed E-state index contributed by atoms with van der Waals surface area (Å²) in [6, 6.07) is 15.1. The second-order valence-corrected chi connectivity index (χ2v) is 6.11. The molecule has 0 saturated heterocycles. The average Bonchev–Trinajstić information content (AvgIpc) is 2.62. The molecule has 0 saturated carbocycles. The Balaban J connectivity index is 1.48. The molecule has 0 amide bonds. The Morgan fingerprint density at radius 1 is 1.00 bits per heavy atom. The highest BCUT2D eigenvalue weighted by Gasteiger charge is 2.05. The molecule has 132 valence electrons. The van der Waals surface area contributed by atoms with Gasteiger partial charge in [-0.05, 0) is 34.7 Å². The van der Waals surface area contributed by atoms with Crippen LogP contribution in [0.1, 0.15) is 18.1 Å². The maximum atomic E-state index is 12.2. The Bertz CT molecular complexity index is 920. The second-order valence-electron chi connectivity index (χ2n) is 6.11. The van der Waals surface area contributed by atoms with Crippen LogP contribution in [0.25, 0.3) is 10.8 Å². The molecular weight excluding hydrogens is 328 g/mol. The topological polar surface area (TPSA) is 68.3 Å². The predicted octanol–water partition coefficient (Wildman–Crippen LogP) is 3.06. The minimum Gasteiger partial charge on any atom is -0.427 e. The fourth-order valence-electron chi connectivity index (χ4n) is 2.72. The zero-order valence-electron chi connectivity index (χ0n) is 14.6. The van der Waals surface area contributed by atoms with Crippen molar-refractivity contribution < 1.29 is 14.3 Å². The first kappa shape index (κ1) is 17.8. The van der Waals surface area contributed by atoms with E-state index in [1.807, 2.05) is 42.6 Å². The fraction of sp³-hybridized carbons (Fsp3) is 0.190. The van der Waals surface area contributed by atoms with E-state index in [1.165, 1.54) is 6.92 Å². The third kappa shape index (κ3) is 4.97. The summed E-state index contributed by atoms with van der Waals surface area (Å²) in [6.45, 7) is 2.25. The lowest BCUT2D eigenvalue weighted by Gasteiger charge is -2.07. The van der Waals surface area contributed by atoms with Crippen molar-refractivity contribution in [3.63, 3.8) is 0 Å². The van der Waals surface area contributed by atoms with E-state index >= 15 is 0 Å². The van der Waals surface area contributed by atoms with Crippen LogP contribution in [0.15, 0.2) is 60.9 Å². The number of ketones is 1. The number of fused-ring (bicyclic) bond motifs is 1. The number of ether oxygens (including phenoxy) is 1. The molecule has 1 aromatic heterocycles. The van der Waals surface area contributed by atoms with Crippen LogP contribution in [0.2, 0.25) is 0 Å². The Hall–Kier alpha value is -3.05. The van der Waals surface area contributed by atoms with E-state index < -0.39 is 0 Å². The maximum Gasteiger partial charge on any atom is 0.308 e. The van der Waals surface area contributed by atoms with E-state index in [1.54, 1.807) is 18.3 Å². The second kappa shape index (κ2) is 8.36. The highest BCUT2D eigenvalue weighted by molar-refractivity contribution is 5.86. The van der Waals surface area contributed by atoms with Gasteiger partial charge in [-0.3, -0.25) is 14.6 Å². The van der Waals surface area contributed by atoms with Crippen LogP contribution >= 0.6 is 0 Å². The van der Waals surface area contributed by atoms with Crippen LogP contribution in [0, 0.1) is 0 Å². The molecule has 0 radical (unpaired) electrons. The van der Waals surface area contributed by atoms with Gasteiger partial charge in [0, 0.05) is 37.7 Å². The van der Waals surface area contributed by atoms with Crippen molar-refractivity contribution in [3.8, 4) is 5.75 Å². The summed E-state index contributed by atoms with van der Waals surface area (Å²) in [4.78, 5) is 27.2. The van der Waals surface area contributed by atoms with Gasteiger partial charge in [-0.25, -0.2) is 0 Å². The standard InChI is InChI=1S/C21H20N2O3/c1-15(24)26-21-6-3-16(4-7-21)12-23-14-20(25)11-17-2-5-19-13-22-9-8-18(19)10-17/h2-10,13,23H,11-12,14H2,1H3. The number of nitrogens with one attached hydrogen (secondary N) is 1. The Labute approximate surface area is 152 Å². The molecule has 2 aromatic carbocycles. The lowest BCUT2D eigenvalue weighted by Crippen LogP contribution is -2.23. The van der Waals surface area contributed by atoms with Crippen molar-refractivity contribution in [2.75, 3.05) is 6.54 Å². The number of carbonyl (C=O) groups is 2. The molecule has 0 aliphatic heterocycles. The first-order valence-corrected chi connectivity index (χ1v) is 8.42. The number of pyridine rings is 1. The number of rotatable bonds is 7. The maximum absolute atomic E-state index is 12.2. The Morgan fingerprint density at radius 3 is 2.54 bits per heavy atom. The highest BCUT2D eigenvalue weighted by atomic mass is 16.5. The smallest absolute Gasteiger partial charge is 0.308 e. The van der Waals surface area contributed by atoms with Crippen molar-refractivity contribution in [2.24, 2.45) is 0 Å². The predicted molar refractivity (Wildman–Crippen MR) is 99.9 cm³/mol. The largest absolute Gasteiger partial charge is 0.427 e. The van der Waals surface area contributed by atoms with Gasteiger partial charge in [-0.15, -0.1) is 0 Å². The van der Waals surface area contributed by atoms with E-state index in [-0.39, 0.29) is 11.8 Å². The average molecular weight is 348 g/mol. The zero-order chi connectivity index (χ0) is 18.4. The summed E-state index contributed by atoms with van der Waals surface area (Å²) in [6.07, 6.45) is 3.97. The molecule has 1 heterocycles. The number of nitrogens with zero attached hydrogens (tertiary/aromatic N) is 1. The summed E-state index contributed by atoms with van der Waals surface area (Å²) in [5, 5.41) is 5.31. The van der Waals surface area contributed by atoms with Gasteiger partial charge >= 0.3 is 5.97 Å². The summed E-state index contributed by atoms with van der Waals surface area (Å²) < 4.78 is 4.99. The molecule has 5 heteroatoms. The summed E-state index contributed by atoms with van der Waals surface area (Å²) in [5.41, 5.74) is 2.02. The van der Waals surface area contributed by atoms with E-state index in [4.69, 9.17) is 4.74 Å². The summed E-state index contributed by atoms with van der Waals surface area (Å²) >= 11 is 0. The van der Waals surface area contributed by atoms with Crippen LogP contribution < -0.4 is 10.1 Å². The number of hydrogen-bond acceptors (Lipinski definition) is 5. The molecule has 0 aliphatic rings. The normalized spacial score (nSPS) is 10.7. The monoisotopic (exact) mass is 348 g/mol. The van der Waals surface area contributed by atoms with Crippen molar-refractivity contribution in [1.82, 2.24) is 10.3 Å². The van der Waals surface area contributed by atoms with Crippen LogP contribution in [0.5, 0.6) is 5.75 Å². The van der Waals surface area contributed by atoms with Gasteiger partial charge < -0.3 is 10.1 Å². The van der Waals surface area contributed by atoms with Gasteiger partial charge in [0.15, 0.2) is 5.78 Å². The van der Waals surface area contributed by atoms with Crippen molar-refractivity contribution in [3.05, 3.63) is 72.1 Å². The molecule has 3 rings (SSSR count). The Kier molecular flexibility index (Phi) is 5.71. The third-order valence-corrected chi connectivity index (χ3v) is 3.94. The molecule has 0 fully saturated rings. The van der Waals surface area contributed by atoms with Gasteiger partial charge in [0.05, 0.1) is 6.54 Å². The molecule has 0 atom stereocenters. The Morgan fingerprint density at radius 2 is 1.77 bits per heavy atom. The first-order chi connectivity index (χ1) is 12.6. The number of benzene rings is 2. The van der Waals surface area contributed by atoms with E-state index in [2.05, 4.69) is 10.3 Å². The molecule has 0 bridgehead atoms. The molecular formula is C21H20N2O3. The lowest BCUT2D eigenvalue weighted by molar-refractivity contribution is -0.131. The number of Topliss-reactive ketones (excluding diaryl/α,β-unsaturated/α-hetero) is 1. The van der Waals surface area contributed by atoms with E-state index in [0.717, 1.165) is 21.9 Å². The van der Waals surface area contributed by atoms with Crippen LogP contribution in [-0.4, -0.2) is 23.3 Å². The van der Waals surface area contributed by atoms with Crippen LogP contribution in [-0.2, 0) is 22.6 Å². The number of esters is 1. The lowest BCUT2D eigenvalue weighted by atomic mass is 10.0. The SMILES string of the molecule is CC(=O)Oc1ccc(CNCC(=O)Cc2ccc3cnccc3c2)cc1. The molecule has 3 aromatic rings. The van der Waals surface area contributed by atoms with Crippen molar-refractivity contribution >= 4 is 22.5 Å². The summed E-state index contributed by atoms with van der Waals surface area (Å²) in [5.74, 6) is 0.310. The minimum atomic E-state index is -0.341. The van der Waals surface area contributed by atoms with Gasteiger partial charge in [-0.1, -0.05) is 30.3 Å². The van der Waals surface area contributed by atoms with Crippen molar-refractivity contribution in [1.29, 1.82) is 0 Å². The quantitative estimate of drug-likeness (QED) is 0.525. The highest BCUT2D eigenvalue weighted by Crippen LogP contribution is 2.15. The number of carbonyl (C=O) groups excluding carboxylic acids is 2. The van der Waals surface area contributed by atoms with Gasteiger partial charge in [0.2, 0.25) is 0 Å². The third-order valence-electron chi connectivity index (χ3n) is 3.94. The van der Waals surface area contributed by atoms with Crippen molar-refractivity contribution in [2.45, 2.75) is 19.9 Å². The molecule has 0 aliphatic carbocycles.